The van der Waals surface area contributed by atoms with Crippen molar-refractivity contribution < 1.29 is 4.74 Å². The van der Waals surface area contributed by atoms with Gasteiger partial charge in [0.1, 0.15) is 6.10 Å². The SMILES string of the molecule is CCCCCC1CCC(C2CCC(C#CC3CCC(CC)CC3)OC2)CC1. The molecule has 3 rings (SSSR count). The van der Waals surface area contributed by atoms with Crippen LogP contribution in [0.2, 0.25) is 0 Å². The predicted molar refractivity (Wildman–Crippen MR) is 116 cm³/mol. The smallest absolute Gasteiger partial charge is 0.118 e. The van der Waals surface area contributed by atoms with E-state index in [2.05, 4.69) is 25.7 Å². The van der Waals surface area contributed by atoms with Crippen molar-refractivity contribution in [1.82, 2.24) is 0 Å². The van der Waals surface area contributed by atoms with Crippen LogP contribution in [0.25, 0.3) is 0 Å². The normalized spacial score (nSPS) is 37.4. The van der Waals surface area contributed by atoms with E-state index >= 15 is 0 Å². The van der Waals surface area contributed by atoms with Gasteiger partial charge in [-0.1, -0.05) is 70.6 Å². The van der Waals surface area contributed by atoms with E-state index in [0.717, 1.165) is 30.3 Å². The molecule has 0 N–H and O–H groups in total. The standard InChI is InChI=1S/C26H44O/c1-3-5-6-7-22-12-15-24(16-13-22)25-17-19-26(27-20-25)18-14-23-10-8-21(4-2)9-11-23/h21-26H,3-13,15-17,19-20H2,1-2H3. The van der Waals surface area contributed by atoms with Crippen molar-refractivity contribution in [2.45, 2.75) is 116 Å². The van der Waals surface area contributed by atoms with E-state index < -0.39 is 0 Å². The fourth-order valence-electron chi connectivity index (χ4n) is 5.81. The monoisotopic (exact) mass is 372 g/mol. The molecule has 27 heavy (non-hydrogen) atoms. The highest BCUT2D eigenvalue weighted by molar-refractivity contribution is 5.10. The Bertz CT molecular complexity index is 448. The first-order valence-corrected chi connectivity index (χ1v) is 12.4. The van der Waals surface area contributed by atoms with E-state index in [0.29, 0.717) is 5.92 Å². The number of hydrogen-bond acceptors (Lipinski definition) is 1. The summed E-state index contributed by atoms with van der Waals surface area (Å²) in [4.78, 5) is 0. The van der Waals surface area contributed by atoms with Gasteiger partial charge >= 0.3 is 0 Å². The van der Waals surface area contributed by atoms with Crippen LogP contribution in [0.15, 0.2) is 0 Å². The minimum absolute atomic E-state index is 0.232. The summed E-state index contributed by atoms with van der Waals surface area (Å²) >= 11 is 0. The molecule has 1 aliphatic heterocycles. The predicted octanol–water partition coefficient (Wildman–Crippen LogP) is 7.39. The third kappa shape index (κ3) is 6.81. The van der Waals surface area contributed by atoms with Gasteiger partial charge in [0.15, 0.2) is 0 Å². The quantitative estimate of drug-likeness (QED) is 0.349. The molecule has 3 aliphatic rings. The molecule has 0 bridgehead atoms. The van der Waals surface area contributed by atoms with Gasteiger partial charge in [0.05, 0.1) is 6.61 Å². The third-order valence-corrected chi connectivity index (χ3v) is 7.96. The Morgan fingerprint density at radius 1 is 0.704 bits per heavy atom. The largest absolute Gasteiger partial charge is 0.365 e. The summed E-state index contributed by atoms with van der Waals surface area (Å²) in [6.07, 6.45) is 21.2. The van der Waals surface area contributed by atoms with E-state index in [9.17, 15) is 0 Å². The van der Waals surface area contributed by atoms with E-state index in [-0.39, 0.29) is 6.10 Å². The molecule has 2 aliphatic carbocycles. The second-order valence-corrected chi connectivity index (χ2v) is 9.85. The van der Waals surface area contributed by atoms with Crippen LogP contribution in [0.1, 0.15) is 110 Å². The highest BCUT2D eigenvalue weighted by atomic mass is 16.5. The van der Waals surface area contributed by atoms with Crippen molar-refractivity contribution in [3.63, 3.8) is 0 Å². The summed E-state index contributed by atoms with van der Waals surface area (Å²) in [6.45, 7) is 5.63. The van der Waals surface area contributed by atoms with Gasteiger partial charge in [-0.25, -0.2) is 0 Å². The molecule has 1 heterocycles. The van der Waals surface area contributed by atoms with Gasteiger partial charge in [0.2, 0.25) is 0 Å². The molecular formula is C26H44O. The zero-order valence-electron chi connectivity index (χ0n) is 18.2. The van der Waals surface area contributed by atoms with Gasteiger partial charge in [-0.2, -0.15) is 0 Å². The summed E-state index contributed by atoms with van der Waals surface area (Å²) in [7, 11) is 0. The Hall–Kier alpha value is -0.480. The summed E-state index contributed by atoms with van der Waals surface area (Å²) in [5.74, 6) is 11.5. The molecule has 0 aromatic carbocycles. The van der Waals surface area contributed by atoms with Gasteiger partial charge < -0.3 is 4.74 Å². The molecule has 3 fully saturated rings. The average molecular weight is 373 g/mol. The Kier molecular flexibility index (Phi) is 9.05. The first-order chi connectivity index (χ1) is 13.3. The van der Waals surface area contributed by atoms with Crippen molar-refractivity contribution in [2.75, 3.05) is 6.61 Å². The lowest BCUT2D eigenvalue weighted by atomic mass is 9.73. The highest BCUT2D eigenvalue weighted by Crippen LogP contribution is 2.39. The summed E-state index contributed by atoms with van der Waals surface area (Å²) in [5.41, 5.74) is 0. The molecule has 0 aromatic heterocycles. The second kappa shape index (κ2) is 11.5. The van der Waals surface area contributed by atoms with Gasteiger partial charge in [-0.15, -0.1) is 0 Å². The Balaban J connectivity index is 1.32. The molecule has 2 atom stereocenters. The second-order valence-electron chi connectivity index (χ2n) is 9.85. The number of hydrogen-bond donors (Lipinski definition) is 0. The zero-order valence-corrected chi connectivity index (χ0v) is 18.2. The van der Waals surface area contributed by atoms with E-state index in [1.54, 1.807) is 0 Å². The van der Waals surface area contributed by atoms with Crippen LogP contribution in [0.4, 0.5) is 0 Å². The molecule has 0 amide bonds. The van der Waals surface area contributed by atoms with Crippen molar-refractivity contribution in [3.8, 4) is 11.8 Å². The minimum Gasteiger partial charge on any atom is -0.365 e. The Morgan fingerprint density at radius 3 is 2.04 bits per heavy atom. The van der Waals surface area contributed by atoms with E-state index in [1.165, 1.54) is 96.3 Å². The van der Waals surface area contributed by atoms with Crippen molar-refractivity contribution in [1.29, 1.82) is 0 Å². The molecular weight excluding hydrogens is 328 g/mol. The maximum atomic E-state index is 6.21. The molecule has 1 heteroatoms. The summed E-state index contributed by atoms with van der Waals surface area (Å²) in [5, 5.41) is 0. The van der Waals surface area contributed by atoms with Gasteiger partial charge in [-0.05, 0) is 75.0 Å². The van der Waals surface area contributed by atoms with Gasteiger partial charge in [0, 0.05) is 5.92 Å². The highest BCUT2D eigenvalue weighted by Gasteiger charge is 2.31. The summed E-state index contributed by atoms with van der Waals surface area (Å²) < 4.78 is 6.21. The molecule has 0 spiro atoms. The van der Waals surface area contributed by atoms with Crippen LogP contribution in [-0.2, 0) is 4.74 Å². The number of unbranched alkanes of at least 4 members (excludes halogenated alkanes) is 2. The van der Waals surface area contributed by atoms with Gasteiger partial charge in [-0.3, -0.25) is 0 Å². The van der Waals surface area contributed by atoms with Gasteiger partial charge in [0.25, 0.3) is 0 Å². The van der Waals surface area contributed by atoms with Crippen LogP contribution in [0.3, 0.4) is 0 Å². The lowest BCUT2D eigenvalue weighted by molar-refractivity contribution is -0.0127. The van der Waals surface area contributed by atoms with Crippen LogP contribution in [-0.4, -0.2) is 12.7 Å². The first-order valence-electron chi connectivity index (χ1n) is 12.4. The van der Waals surface area contributed by atoms with Crippen LogP contribution >= 0.6 is 0 Å². The first kappa shape index (κ1) is 21.2. The maximum absolute atomic E-state index is 6.21. The Labute approximate surface area is 169 Å². The van der Waals surface area contributed by atoms with E-state index in [1.807, 2.05) is 0 Å². The van der Waals surface area contributed by atoms with Crippen molar-refractivity contribution >= 4 is 0 Å². The van der Waals surface area contributed by atoms with Crippen molar-refractivity contribution in [2.24, 2.45) is 29.6 Å². The van der Waals surface area contributed by atoms with Crippen LogP contribution in [0.5, 0.6) is 0 Å². The topological polar surface area (TPSA) is 9.23 Å². The molecule has 2 saturated carbocycles. The molecule has 0 radical (unpaired) electrons. The van der Waals surface area contributed by atoms with E-state index in [4.69, 9.17) is 4.74 Å². The third-order valence-electron chi connectivity index (χ3n) is 7.96. The van der Waals surface area contributed by atoms with Crippen LogP contribution in [0, 0.1) is 41.4 Å². The molecule has 154 valence electrons. The fourth-order valence-corrected chi connectivity index (χ4v) is 5.81. The molecule has 1 nitrogen and oxygen atoms in total. The fraction of sp³-hybridized carbons (Fsp3) is 0.923. The molecule has 1 saturated heterocycles. The number of rotatable bonds is 6. The summed E-state index contributed by atoms with van der Waals surface area (Å²) in [6, 6.07) is 0. The van der Waals surface area contributed by atoms with Crippen LogP contribution < -0.4 is 0 Å². The number of ether oxygens (including phenoxy) is 1. The average Bonchev–Trinajstić information content (AvgIpc) is 2.74. The lowest BCUT2D eigenvalue weighted by Gasteiger charge is -2.37. The Morgan fingerprint density at radius 2 is 1.41 bits per heavy atom. The minimum atomic E-state index is 0.232. The molecule has 0 aromatic rings. The maximum Gasteiger partial charge on any atom is 0.118 e. The zero-order chi connectivity index (χ0) is 18.9. The van der Waals surface area contributed by atoms with Crippen molar-refractivity contribution in [3.05, 3.63) is 0 Å². The lowest BCUT2D eigenvalue weighted by Crippen LogP contribution is -2.32. The molecule has 2 unspecified atom stereocenters.